The summed E-state index contributed by atoms with van der Waals surface area (Å²) < 4.78 is 33.7. The maximum absolute atomic E-state index is 13.8. The van der Waals surface area contributed by atoms with Crippen LogP contribution in [-0.4, -0.2) is 68.8 Å². The highest BCUT2D eigenvalue weighted by atomic mass is 16.9. The fraction of sp³-hybridized carbons (Fsp3) is 0.529. The maximum atomic E-state index is 13.8. The zero-order chi connectivity index (χ0) is 30.3. The average molecular weight is 589 g/mol. The summed E-state index contributed by atoms with van der Waals surface area (Å²) >= 11 is 0. The molecule has 2 aromatic carbocycles. The molecule has 0 spiro atoms. The van der Waals surface area contributed by atoms with E-state index in [4.69, 9.17) is 23.7 Å². The molecular weight excluding hydrogens is 552 g/mol. The van der Waals surface area contributed by atoms with Crippen molar-refractivity contribution >= 4 is 11.8 Å². The number of aliphatic hydroxyl groups is 2. The van der Waals surface area contributed by atoms with E-state index in [0.29, 0.717) is 16.7 Å². The van der Waals surface area contributed by atoms with E-state index in [9.17, 15) is 19.8 Å². The van der Waals surface area contributed by atoms with Gasteiger partial charge in [0.05, 0.1) is 17.3 Å². The molecule has 3 saturated heterocycles. The van der Waals surface area contributed by atoms with Gasteiger partial charge in [-0.25, -0.2) is 4.79 Å². The van der Waals surface area contributed by atoms with Crippen molar-refractivity contribution in [3.8, 4) is 0 Å². The second-order valence-electron chi connectivity index (χ2n) is 13.6. The largest absolute Gasteiger partial charge is 0.455 e. The number of epoxide rings is 1. The first-order valence-electron chi connectivity index (χ1n) is 15.1. The van der Waals surface area contributed by atoms with Crippen LogP contribution < -0.4 is 0 Å². The summed E-state index contributed by atoms with van der Waals surface area (Å²) in [5, 5.41) is 24.2. The number of aliphatic hydroxyl groups excluding tert-OH is 1. The molecule has 13 atom stereocenters. The highest BCUT2D eigenvalue weighted by Gasteiger charge is 2.90. The van der Waals surface area contributed by atoms with Crippen molar-refractivity contribution < 1.29 is 43.5 Å². The molecular formula is C34H36O9. The van der Waals surface area contributed by atoms with E-state index in [1.807, 2.05) is 50.2 Å². The first kappa shape index (κ1) is 27.6. The molecule has 9 nitrogen and oxygen atoms in total. The number of carbonyl (C=O) groups is 2. The van der Waals surface area contributed by atoms with Crippen molar-refractivity contribution in [1.82, 2.24) is 0 Å². The van der Waals surface area contributed by atoms with Gasteiger partial charge in [-0.2, -0.15) is 0 Å². The van der Waals surface area contributed by atoms with Crippen LogP contribution in [0, 0.1) is 23.7 Å². The molecule has 3 heterocycles. The molecule has 6 fully saturated rings. The van der Waals surface area contributed by atoms with Gasteiger partial charge in [-0.05, 0) is 38.0 Å². The molecule has 226 valence electrons. The second-order valence-corrected chi connectivity index (χ2v) is 13.6. The number of rotatable bonds is 4. The minimum Gasteiger partial charge on any atom is -0.455 e. The Morgan fingerprint density at radius 1 is 1.00 bits per heavy atom. The molecule has 43 heavy (non-hydrogen) atoms. The topological polar surface area (TPSA) is 124 Å². The molecule has 9 heteroatoms. The summed E-state index contributed by atoms with van der Waals surface area (Å²) in [7, 11) is 0. The normalized spacial score (nSPS) is 50.3. The van der Waals surface area contributed by atoms with Crippen molar-refractivity contribution in [2.24, 2.45) is 23.7 Å². The van der Waals surface area contributed by atoms with Crippen LogP contribution in [-0.2, 0) is 34.5 Å². The Morgan fingerprint density at radius 3 is 2.30 bits per heavy atom. The van der Waals surface area contributed by atoms with Crippen molar-refractivity contribution in [2.45, 2.75) is 86.9 Å². The Balaban J connectivity index is 1.39. The Bertz CT molecular complexity index is 1550. The summed E-state index contributed by atoms with van der Waals surface area (Å²) in [6.07, 6.45) is -3.67. The quantitative estimate of drug-likeness (QED) is 0.315. The lowest BCUT2D eigenvalue weighted by Gasteiger charge is -2.61. The number of hydrogen-bond donors (Lipinski definition) is 2. The van der Waals surface area contributed by atoms with E-state index in [1.54, 1.807) is 38.1 Å². The Morgan fingerprint density at radius 2 is 1.65 bits per heavy atom. The van der Waals surface area contributed by atoms with Crippen LogP contribution >= 0.6 is 0 Å². The average Bonchev–Trinajstić information content (AvgIpc) is 3.55. The van der Waals surface area contributed by atoms with Gasteiger partial charge in [0.15, 0.2) is 17.0 Å². The third-order valence-electron chi connectivity index (χ3n) is 11.5. The van der Waals surface area contributed by atoms with E-state index in [1.165, 1.54) is 0 Å². The lowest BCUT2D eigenvalue weighted by atomic mass is 9.52. The molecule has 0 amide bonds. The molecule has 8 rings (SSSR count). The Kier molecular flexibility index (Phi) is 5.40. The van der Waals surface area contributed by atoms with Crippen LogP contribution in [0.5, 0.6) is 0 Å². The predicted molar refractivity (Wildman–Crippen MR) is 150 cm³/mol. The van der Waals surface area contributed by atoms with Gasteiger partial charge in [-0.3, -0.25) is 4.79 Å². The number of ketones is 1. The zero-order valence-electron chi connectivity index (χ0n) is 24.6. The molecule has 3 aliphatic heterocycles. The van der Waals surface area contributed by atoms with Gasteiger partial charge < -0.3 is 33.9 Å². The lowest BCUT2D eigenvalue weighted by Crippen LogP contribution is -2.76. The monoisotopic (exact) mass is 588 g/mol. The smallest absolute Gasteiger partial charge is 0.338 e. The maximum Gasteiger partial charge on any atom is 0.338 e. The number of benzene rings is 2. The molecule has 2 N–H and O–H groups in total. The molecule has 3 aliphatic carbocycles. The van der Waals surface area contributed by atoms with E-state index in [0.717, 1.165) is 0 Å². The summed E-state index contributed by atoms with van der Waals surface area (Å²) in [6, 6.07) is 17.9. The van der Waals surface area contributed by atoms with Gasteiger partial charge in [0, 0.05) is 29.2 Å². The SMILES string of the molecule is C=C(C)[C@@]12O[C@@]3(c4ccccc4)O[C@@H]1[C@@H]1[C@H]4O[C@@]4(C)[C@@H](O)[C@]4(O)C(=O)[C@@H](C)C[C@H]4[C@@]1(O3)[C@H](C)[C@@H]2OC(=O)c1ccccc1. The van der Waals surface area contributed by atoms with Crippen LogP contribution in [0.4, 0.5) is 0 Å². The van der Waals surface area contributed by atoms with Crippen molar-refractivity contribution in [3.05, 3.63) is 83.9 Å². The van der Waals surface area contributed by atoms with Crippen LogP contribution in [0.15, 0.2) is 72.8 Å². The highest BCUT2D eigenvalue weighted by molar-refractivity contribution is 5.93. The zero-order valence-corrected chi connectivity index (χ0v) is 24.6. The first-order valence-corrected chi connectivity index (χ1v) is 15.1. The minimum absolute atomic E-state index is 0.257. The minimum atomic E-state index is -2.17. The molecule has 0 aromatic heterocycles. The molecule has 6 aliphatic rings. The van der Waals surface area contributed by atoms with E-state index >= 15 is 0 Å². The number of esters is 1. The summed E-state index contributed by atoms with van der Waals surface area (Å²) in [4.78, 5) is 27.6. The molecule has 3 bridgehead atoms. The van der Waals surface area contributed by atoms with Gasteiger partial charge in [0.25, 0.3) is 0 Å². The number of carbonyl (C=O) groups excluding carboxylic acids is 2. The van der Waals surface area contributed by atoms with Gasteiger partial charge in [0.2, 0.25) is 0 Å². The standard InChI is InChI=1S/C34H36O9/c1-17(2)32-25(39-28(36)20-12-8-6-9-13-20)19(4)33-22-16-18(3)24(35)31(22,38)29(37)30(5)26(40-30)23(33)27(32)41-34(42-32,43-33)21-14-10-7-11-15-21/h6-15,18-19,22-23,25-27,29,37-38H,1,16H2,2-5H3/t18-,19+,22+,23-,25-,26+,27+,29+,30+,31+,32-,33-,34+/m0/s1. The van der Waals surface area contributed by atoms with E-state index in [-0.39, 0.29) is 6.42 Å². The fourth-order valence-electron chi connectivity index (χ4n) is 9.46. The van der Waals surface area contributed by atoms with E-state index < -0.39 is 88.2 Å². The van der Waals surface area contributed by atoms with Crippen LogP contribution in [0.2, 0.25) is 0 Å². The highest BCUT2D eigenvalue weighted by Crippen LogP contribution is 2.74. The Labute approximate surface area is 249 Å². The van der Waals surface area contributed by atoms with Crippen LogP contribution in [0.25, 0.3) is 0 Å². The fourth-order valence-corrected chi connectivity index (χ4v) is 9.46. The molecule has 0 radical (unpaired) electrons. The number of fused-ring (bicyclic) bond motifs is 3. The van der Waals surface area contributed by atoms with Crippen molar-refractivity contribution in [2.75, 3.05) is 0 Å². The summed E-state index contributed by atoms with van der Waals surface area (Å²) in [5.41, 5.74) is -4.63. The van der Waals surface area contributed by atoms with Crippen molar-refractivity contribution in [1.29, 1.82) is 0 Å². The Hall–Kier alpha value is -2.92. The number of ether oxygens (including phenoxy) is 5. The van der Waals surface area contributed by atoms with Gasteiger partial charge in [-0.15, -0.1) is 0 Å². The van der Waals surface area contributed by atoms with Gasteiger partial charge >= 0.3 is 11.9 Å². The summed E-state index contributed by atoms with van der Waals surface area (Å²) in [5.74, 6) is -5.44. The lowest BCUT2D eigenvalue weighted by molar-refractivity contribution is -0.443. The van der Waals surface area contributed by atoms with Crippen molar-refractivity contribution in [3.63, 3.8) is 0 Å². The third-order valence-corrected chi connectivity index (χ3v) is 11.5. The van der Waals surface area contributed by atoms with Gasteiger partial charge in [-0.1, -0.05) is 69.0 Å². The van der Waals surface area contributed by atoms with Crippen LogP contribution in [0.1, 0.15) is 50.0 Å². The molecule has 0 unspecified atom stereocenters. The van der Waals surface area contributed by atoms with E-state index in [2.05, 4.69) is 6.58 Å². The third kappa shape index (κ3) is 3.03. The molecule has 2 aromatic rings. The second kappa shape index (κ2) is 8.41. The first-order chi connectivity index (χ1) is 20.4. The number of hydrogen-bond acceptors (Lipinski definition) is 9. The number of Topliss-reactive ketones (excluding diaryl/α,β-unsaturated/α-hetero) is 1. The van der Waals surface area contributed by atoms with Gasteiger partial charge in [0.1, 0.15) is 23.9 Å². The summed E-state index contributed by atoms with van der Waals surface area (Å²) in [6.45, 7) is 11.6. The molecule has 3 saturated carbocycles. The predicted octanol–water partition coefficient (Wildman–Crippen LogP) is 3.28. The van der Waals surface area contributed by atoms with Crippen LogP contribution in [0.3, 0.4) is 0 Å².